The van der Waals surface area contributed by atoms with Crippen molar-refractivity contribution in [2.24, 2.45) is 5.73 Å². The predicted octanol–water partition coefficient (Wildman–Crippen LogP) is 2.63. The monoisotopic (exact) mass is 249 g/mol. The Morgan fingerprint density at radius 3 is 2.94 bits per heavy atom. The molecule has 0 amide bonds. The van der Waals surface area contributed by atoms with Crippen molar-refractivity contribution in [1.82, 2.24) is 9.97 Å². The van der Waals surface area contributed by atoms with Crippen molar-refractivity contribution in [3.63, 3.8) is 0 Å². The molecule has 0 fully saturated rings. The summed E-state index contributed by atoms with van der Waals surface area (Å²) in [5, 5.41) is 0. The number of aromatic nitrogens is 2. The summed E-state index contributed by atoms with van der Waals surface area (Å²) in [4.78, 5) is 7.22. The number of rotatable bonds is 4. The summed E-state index contributed by atoms with van der Waals surface area (Å²) in [7, 11) is 1.51. The van der Waals surface area contributed by atoms with Crippen molar-refractivity contribution in [1.29, 1.82) is 0 Å². The van der Waals surface area contributed by atoms with E-state index in [1.807, 2.05) is 6.92 Å². The van der Waals surface area contributed by atoms with Crippen LogP contribution in [-0.4, -0.2) is 17.1 Å². The average Bonchev–Trinajstić information content (AvgIpc) is 2.86. The minimum atomic E-state index is -0.352. The highest BCUT2D eigenvalue weighted by molar-refractivity contribution is 5.67. The van der Waals surface area contributed by atoms with Gasteiger partial charge in [0.15, 0.2) is 0 Å². The summed E-state index contributed by atoms with van der Waals surface area (Å²) in [5.74, 6) is 0.766. The van der Waals surface area contributed by atoms with Crippen molar-refractivity contribution in [2.75, 3.05) is 7.11 Å². The van der Waals surface area contributed by atoms with E-state index < -0.39 is 0 Å². The van der Waals surface area contributed by atoms with Gasteiger partial charge in [-0.25, -0.2) is 9.37 Å². The zero-order valence-corrected chi connectivity index (χ0v) is 10.4. The maximum atomic E-state index is 13.9. The normalized spacial score (nSPS) is 12.4. The summed E-state index contributed by atoms with van der Waals surface area (Å²) in [5.41, 5.74) is 6.83. The van der Waals surface area contributed by atoms with Crippen LogP contribution in [0.3, 0.4) is 0 Å². The second kappa shape index (κ2) is 5.18. The number of H-pyrrole nitrogens is 1. The first kappa shape index (κ1) is 12.6. The quantitative estimate of drug-likeness (QED) is 0.875. The third-order valence-electron chi connectivity index (χ3n) is 2.85. The van der Waals surface area contributed by atoms with Gasteiger partial charge in [0.25, 0.3) is 0 Å². The van der Waals surface area contributed by atoms with Gasteiger partial charge in [-0.05, 0) is 18.6 Å². The molecule has 4 nitrogen and oxygen atoms in total. The number of benzene rings is 1. The molecule has 0 aliphatic carbocycles. The molecular weight excluding hydrogens is 233 g/mol. The Labute approximate surface area is 105 Å². The summed E-state index contributed by atoms with van der Waals surface area (Å²) in [6.07, 6.45) is 2.34. The van der Waals surface area contributed by atoms with Crippen molar-refractivity contribution in [3.05, 3.63) is 36.0 Å². The Bertz CT molecular complexity index is 539. The fourth-order valence-corrected chi connectivity index (χ4v) is 1.78. The van der Waals surface area contributed by atoms with Gasteiger partial charge in [-0.15, -0.1) is 0 Å². The van der Waals surface area contributed by atoms with E-state index in [0.717, 1.165) is 6.42 Å². The Hall–Kier alpha value is -1.88. The van der Waals surface area contributed by atoms with Crippen LogP contribution in [0.5, 0.6) is 5.75 Å². The number of nitrogens with two attached hydrogens (primary N) is 1. The lowest BCUT2D eigenvalue weighted by molar-refractivity contribution is 0.413. The molecule has 1 aromatic heterocycles. The molecule has 0 bridgehead atoms. The smallest absolute Gasteiger partial charge is 0.136 e. The number of hydrogen-bond acceptors (Lipinski definition) is 3. The zero-order chi connectivity index (χ0) is 13.1. The first-order chi connectivity index (χ1) is 8.67. The van der Waals surface area contributed by atoms with E-state index in [9.17, 15) is 4.39 Å². The van der Waals surface area contributed by atoms with E-state index in [-0.39, 0.29) is 11.9 Å². The summed E-state index contributed by atoms with van der Waals surface area (Å²) < 4.78 is 19.0. The maximum Gasteiger partial charge on any atom is 0.136 e. The summed E-state index contributed by atoms with van der Waals surface area (Å²) in [6.45, 7) is 1.97. The highest BCUT2D eigenvalue weighted by Gasteiger charge is 2.15. The molecule has 1 heterocycles. The minimum absolute atomic E-state index is 0.170. The molecule has 0 saturated heterocycles. The molecule has 1 atom stereocenters. The van der Waals surface area contributed by atoms with E-state index in [1.165, 1.54) is 13.2 Å². The van der Waals surface area contributed by atoms with Crippen molar-refractivity contribution < 1.29 is 9.13 Å². The van der Waals surface area contributed by atoms with Crippen LogP contribution in [0.15, 0.2) is 24.4 Å². The van der Waals surface area contributed by atoms with E-state index >= 15 is 0 Å². The van der Waals surface area contributed by atoms with Gasteiger partial charge in [-0.3, -0.25) is 0 Å². The first-order valence-electron chi connectivity index (χ1n) is 5.80. The van der Waals surface area contributed by atoms with Gasteiger partial charge in [0, 0.05) is 0 Å². The summed E-state index contributed by atoms with van der Waals surface area (Å²) in [6, 6.07) is 4.53. The standard InChI is InChI=1S/C13H16FN3O/c1-3-9(15)13-16-7-10(17-13)12-8(14)5-4-6-11(12)18-2/h4-7,9H,3,15H2,1-2H3,(H,16,17). The molecule has 0 radical (unpaired) electrons. The van der Waals surface area contributed by atoms with Gasteiger partial charge >= 0.3 is 0 Å². The molecular formula is C13H16FN3O. The van der Waals surface area contributed by atoms with Gasteiger partial charge in [-0.1, -0.05) is 13.0 Å². The number of nitrogens with one attached hydrogen (secondary N) is 1. The number of methoxy groups -OCH3 is 1. The Balaban J connectivity index is 2.46. The molecule has 3 N–H and O–H groups in total. The van der Waals surface area contributed by atoms with Gasteiger partial charge in [0.1, 0.15) is 17.4 Å². The third kappa shape index (κ3) is 2.22. The molecule has 0 aliphatic rings. The van der Waals surface area contributed by atoms with Crippen molar-refractivity contribution in [2.45, 2.75) is 19.4 Å². The molecule has 18 heavy (non-hydrogen) atoms. The largest absolute Gasteiger partial charge is 0.496 e. The highest BCUT2D eigenvalue weighted by atomic mass is 19.1. The fourth-order valence-electron chi connectivity index (χ4n) is 1.78. The van der Waals surface area contributed by atoms with Crippen molar-refractivity contribution in [3.8, 4) is 17.0 Å². The molecule has 2 rings (SSSR count). The Morgan fingerprint density at radius 1 is 1.50 bits per heavy atom. The van der Waals surface area contributed by atoms with Crippen molar-refractivity contribution >= 4 is 0 Å². The SMILES string of the molecule is CCC(N)c1ncc(-c2c(F)cccc2OC)[nH]1. The molecule has 5 heteroatoms. The predicted molar refractivity (Wildman–Crippen MR) is 67.8 cm³/mol. The molecule has 1 unspecified atom stereocenters. The molecule has 2 aromatic rings. The lowest BCUT2D eigenvalue weighted by Crippen LogP contribution is -2.10. The number of imidazole rings is 1. The van der Waals surface area contributed by atoms with Crippen LogP contribution in [-0.2, 0) is 0 Å². The van der Waals surface area contributed by atoms with Crippen LogP contribution in [0.25, 0.3) is 11.3 Å². The average molecular weight is 249 g/mol. The lowest BCUT2D eigenvalue weighted by atomic mass is 10.1. The number of ether oxygens (including phenoxy) is 1. The van der Waals surface area contributed by atoms with Crippen LogP contribution >= 0.6 is 0 Å². The van der Waals surface area contributed by atoms with Gasteiger partial charge < -0.3 is 15.5 Å². The molecule has 0 aliphatic heterocycles. The maximum absolute atomic E-state index is 13.9. The van der Waals surface area contributed by atoms with Crippen LogP contribution in [0.2, 0.25) is 0 Å². The molecule has 1 aromatic carbocycles. The second-order valence-corrected chi connectivity index (χ2v) is 4.01. The molecule has 96 valence electrons. The third-order valence-corrected chi connectivity index (χ3v) is 2.85. The molecule has 0 saturated carbocycles. The van der Waals surface area contributed by atoms with E-state index in [4.69, 9.17) is 10.5 Å². The van der Waals surface area contributed by atoms with E-state index in [0.29, 0.717) is 22.8 Å². The van der Waals surface area contributed by atoms with Gasteiger partial charge in [0.2, 0.25) is 0 Å². The summed E-state index contributed by atoms with van der Waals surface area (Å²) >= 11 is 0. The topological polar surface area (TPSA) is 63.9 Å². The lowest BCUT2D eigenvalue weighted by Gasteiger charge is -2.08. The van der Waals surface area contributed by atoms with Crippen LogP contribution in [0, 0.1) is 5.82 Å². The van der Waals surface area contributed by atoms with Crippen LogP contribution < -0.4 is 10.5 Å². The number of hydrogen-bond donors (Lipinski definition) is 2. The van der Waals surface area contributed by atoms with Crippen LogP contribution in [0.4, 0.5) is 4.39 Å². The van der Waals surface area contributed by atoms with E-state index in [1.54, 1.807) is 18.3 Å². The minimum Gasteiger partial charge on any atom is -0.496 e. The van der Waals surface area contributed by atoms with Gasteiger partial charge in [-0.2, -0.15) is 0 Å². The zero-order valence-electron chi connectivity index (χ0n) is 10.4. The number of halogens is 1. The van der Waals surface area contributed by atoms with Gasteiger partial charge in [0.05, 0.1) is 30.6 Å². The number of aromatic amines is 1. The van der Waals surface area contributed by atoms with E-state index in [2.05, 4.69) is 9.97 Å². The molecule has 0 spiro atoms. The Kier molecular flexibility index (Phi) is 3.62. The first-order valence-corrected chi connectivity index (χ1v) is 5.80. The fraction of sp³-hybridized carbons (Fsp3) is 0.308. The number of nitrogens with zero attached hydrogens (tertiary/aromatic N) is 1. The van der Waals surface area contributed by atoms with Crippen LogP contribution in [0.1, 0.15) is 25.2 Å². The Morgan fingerprint density at radius 2 is 2.28 bits per heavy atom. The second-order valence-electron chi connectivity index (χ2n) is 4.01. The highest BCUT2D eigenvalue weighted by Crippen LogP contribution is 2.31.